The van der Waals surface area contributed by atoms with Crippen LogP contribution in [-0.4, -0.2) is 40.7 Å². The second-order valence-electron chi connectivity index (χ2n) is 6.10. The van der Waals surface area contributed by atoms with Gasteiger partial charge in [-0.1, -0.05) is 24.3 Å². The second kappa shape index (κ2) is 7.56. The standard InChI is InChI=1S/C19H22N2O3S/c1-3-24-18(23)19(11-13-7-4-5-8-14(13)12-19)21-16(22)15-9-6-10-20-17(15)25-2/h4-10,18,23H,3,11-12H2,1-2H3,(H,21,22). The van der Waals surface area contributed by atoms with Crippen LogP contribution >= 0.6 is 11.8 Å². The van der Waals surface area contributed by atoms with E-state index in [2.05, 4.69) is 10.3 Å². The first-order chi connectivity index (χ1) is 12.1. The number of carbonyl (C=O) groups excluding carboxylic acids is 1. The summed E-state index contributed by atoms with van der Waals surface area (Å²) in [7, 11) is 0. The highest BCUT2D eigenvalue weighted by Crippen LogP contribution is 2.33. The minimum Gasteiger partial charge on any atom is -0.366 e. The van der Waals surface area contributed by atoms with Gasteiger partial charge in [0.05, 0.1) is 11.1 Å². The molecule has 2 aromatic rings. The fraction of sp³-hybridized carbons (Fsp3) is 0.368. The summed E-state index contributed by atoms with van der Waals surface area (Å²) in [6.07, 6.45) is 3.53. The summed E-state index contributed by atoms with van der Waals surface area (Å²) in [5.74, 6) is -0.246. The van der Waals surface area contributed by atoms with Crippen molar-refractivity contribution in [2.45, 2.75) is 36.6 Å². The van der Waals surface area contributed by atoms with Crippen molar-refractivity contribution < 1.29 is 14.6 Å². The largest absolute Gasteiger partial charge is 0.366 e. The van der Waals surface area contributed by atoms with Gasteiger partial charge in [0, 0.05) is 25.6 Å². The number of benzene rings is 1. The average Bonchev–Trinajstić information content (AvgIpc) is 3.01. The molecule has 1 aliphatic rings. The van der Waals surface area contributed by atoms with Crippen molar-refractivity contribution in [2.24, 2.45) is 0 Å². The maximum Gasteiger partial charge on any atom is 0.254 e. The van der Waals surface area contributed by atoms with E-state index in [4.69, 9.17) is 4.74 Å². The zero-order chi connectivity index (χ0) is 17.9. The van der Waals surface area contributed by atoms with Gasteiger partial charge in [-0.05, 0) is 36.4 Å². The van der Waals surface area contributed by atoms with Crippen LogP contribution in [0.1, 0.15) is 28.4 Å². The lowest BCUT2D eigenvalue weighted by atomic mass is 9.94. The molecule has 2 N–H and O–H groups in total. The quantitative estimate of drug-likeness (QED) is 0.613. The lowest BCUT2D eigenvalue weighted by Crippen LogP contribution is -2.58. The zero-order valence-corrected chi connectivity index (χ0v) is 15.2. The van der Waals surface area contributed by atoms with Gasteiger partial charge >= 0.3 is 0 Å². The first kappa shape index (κ1) is 17.9. The number of carbonyl (C=O) groups is 1. The highest BCUT2D eigenvalue weighted by molar-refractivity contribution is 7.98. The van der Waals surface area contributed by atoms with E-state index in [1.807, 2.05) is 37.4 Å². The molecular formula is C19H22N2O3S. The van der Waals surface area contributed by atoms with E-state index in [1.54, 1.807) is 18.3 Å². The summed E-state index contributed by atoms with van der Waals surface area (Å²) in [5, 5.41) is 14.3. The summed E-state index contributed by atoms with van der Waals surface area (Å²) in [5.41, 5.74) is 1.88. The van der Waals surface area contributed by atoms with Crippen molar-refractivity contribution in [3.8, 4) is 0 Å². The number of nitrogens with zero attached hydrogens (tertiary/aromatic N) is 1. The Hall–Kier alpha value is -1.89. The maximum atomic E-state index is 12.9. The van der Waals surface area contributed by atoms with Crippen LogP contribution in [0.25, 0.3) is 0 Å². The molecule has 0 aliphatic heterocycles. The SMILES string of the molecule is CCOC(O)C1(NC(=O)c2cccnc2SC)Cc2ccccc2C1. The number of nitrogens with one attached hydrogen (secondary N) is 1. The van der Waals surface area contributed by atoms with Gasteiger partial charge in [0.2, 0.25) is 0 Å². The molecule has 1 aromatic carbocycles. The maximum absolute atomic E-state index is 12.9. The average molecular weight is 358 g/mol. The molecular weight excluding hydrogens is 336 g/mol. The summed E-state index contributed by atoms with van der Waals surface area (Å²) in [6.45, 7) is 2.20. The van der Waals surface area contributed by atoms with Gasteiger partial charge in [-0.25, -0.2) is 4.98 Å². The topological polar surface area (TPSA) is 71.5 Å². The lowest BCUT2D eigenvalue weighted by molar-refractivity contribution is -0.144. The van der Waals surface area contributed by atoms with E-state index in [0.29, 0.717) is 30.0 Å². The van der Waals surface area contributed by atoms with Crippen LogP contribution < -0.4 is 5.32 Å². The van der Waals surface area contributed by atoms with E-state index in [0.717, 1.165) is 11.1 Å². The third-order valence-electron chi connectivity index (χ3n) is 4.50. The summed E-state index contributed by atoms with van der Waals surface area (Å²) in [6, 6.07) is 11.5. The van der Waals surface area contributed by atoms with Crippen LogP contribution in [0, 0.1) is 0 Å². The molecule has 0 bridgehead atoms. The molecule has 0 spiro atoms. The summed E-state index contributed by atoms with van der Waals surface area (Å²) < 4.78 is 5.47. The molecule has 1 unspecified atom stereocenters. The van der Waals surface area contributed by atoms with Gasteiger partial charge in [0.1, 0.15) is 5.03 Å². The third kappa shape index (κ3) is 3.56. The number of fused-ring (bicyclic) bond motifs is 1. The molecule has 0 radical (unpaired) electrons. The fourth-order valence-corrected chi connectivity index (χ4v) is 3.85. The van der Waals surface area contributed by atoms with Crippen molar-refractivity contribution in [3.05, 3.63) is 59.3 Å². The van der Waals surface area contributed by atoms with Crippen molar-refractivity contribution in [2.75, 3.05) is 12.9 Å². The highest BCUT2D eigenvalue weighted by atomic mass is 32.2. The lowest BCUT2D eigenvalue weighted by Gasteiger charge is -2.35. The van der Waals surface area contributed by atoms with Gasteiger partial charge in [-0.3, -0.25) is 4.79 Å². The van der Waals surface area contributed by atoms with E-state index in [-0.39, 0.29) is 5.91 Å². The van der Waals surface area contributed by atoms with Crippen LogP contribution in [0.2, 0.25) is 0 Å². The Bertz CT molecular complexity index is 741. The number of ether oxygens (including phenoxy) is 1. The molecule has 132 valence electrons. The number of aliphatic hydroxyl groups excluding tert-OH is 1. The fourth-order valence-electron chi connectivity index (χ4n) is 3.31. The smallest absolute Gasteiger partial charge is 0.254 e. The number of thioether (sulfide) groups is 1. The Labute approximate surface area is 151 Å². The molecule has 1 heterocycles. The minimum absolute atomic E-state index is 0.246. The number of amides is 1. The molecule has 0 saturated carbocycles. The van der Waals surface area contributed by atoms with Crippen LogP contribution in [0.5, 0.6) is 0 Å². The van der Waals surface area contributed by atoms with Crippen LogP contribution in [0.4, 0.5) is 0 Å². The molecule has 0 saturated heterocycles. The van der Waals surface area contributed by atoms with Crippen molar-refractivity contribution in [1.82, 2.24) is 10.3 Å². The number of hydrogen-bond acceptors (Lipinski definition) is 5. The van der Waals surface area contributed by atoms with Crippen molar-refractivity contribution >= 4 is 17.7 Å². The predicted octanol–water partition coefficient (Wildman–Crippen LogP) is 2.43. The Balaban J connectivity index is 1.90. The van der Waals surface area contributed by atoms with E-state index in [9.17, 15) is 9.90 Å². The first-order valence-corrected chi connectivity index (χ1v) is 9.50. The van der Waals surface area contributed by atoms with E-state index < -0.39 is 11.8 Å². The number of pyridine rings is 1. The van der Waals surface area contributed by atoms with Gasteiger partial charge in [-0.15, -0.1) is 11.8 Å². The molecule has 25 heavy (non-hydrogen) atoms. The van der Waals surface area contributed by atoms with Gasteiger partial charge in [0.25, 0.3) is 5.91 Å². The highest BCUT2D eigenvalue weighted by Gasteiger charge is 2.45. The van der Waals surface area contributed by atoms with Crippen LogP contribution in [-0.2, 0) is 17.6 Å². The zero-order valence-electron chi connectivity index (χ0n) is 14.4. The molecule has 1 aliphatic carbocycles. The third-order valence-corrected chi connectivity index (χ3v) is 5.21. The van der Waals surface area contributed by atoms with Crippen LogP contribution in [0.15, 0.2) is 47.6 Å². The first-order valence-electron chi connectivity index (χ1n) is 8.27. The predicted molar refractivity (Wildman–Crippen MR) is 97.7 cm³/mol. The van der Waals surface area contributed by atoms with Crippen molar-refractivity contribution in [1.29, 1.82) is 0 Å². The normalized spacial score (nSPS) is 16.3. The molecule has 3 rings (SSSR count). The molecule has 1 amide bonds. The Morgan fingerprint density at radius 1 is 1.32 bits per heavy atom. The van der Waals surface area contributed by atoms with Gasteiger partial charge in [-0.2, -0.15) is 0 Å². The number of aromatic nitrogens is 1. The van der Waals surface area contributed by atoms with E-state index >= 15 is 0 Å². The molecule has 6 heteroatoms. The Kier molecular flexibility index (Phi) is 5.42. The number of rotatable bonds is 6. The monoisotopic (exact) mass is 358 g/mol. The molecule has 5 nitrogen and oxygen atoms in total. The Morgan fingerprint density at radius 2 is 2.00 bits per heavy atom. The molecule has 1 atom stereocenters. The van der Waals surface area contributed by atoms with Crippen molar-refractivity contribution in [3.63, 3.8) is 0 Å². The number of hydrogen-bond donors (Lipinski definition) is 2. The summed E-state index contributed by atoms with van der Waals surface area (Å²) >= 11 is 1.42. The summed E-state index contributed by atoms with van der Waals surface area (Å²) in [4.78, 5) is 17.2. The minimum atomic E-state index is -1.08. The van der Waals surface area contributed by atoms with Crippen LogP contribution in [0.3, 0.4) is 0 Å². The Morgan fingerprint density at radius 3 is 2.60 bits per heavy atom. The number of aliphatic hydroxyl groups is 1. The van der Waals surface area contributed by atoms with E-state index in [1.165, 1.54) is 11.8 Å². The molecule has 1 aromatic heterocycles. The van der Waals surface area contributed by atoms with Gasteiger partial charge < -0.3 is 15.2 Å². The molecule has 0 fully saturated rings. The van der Waals surface area contributed by atoms with Gasteiger partial charge in [0.15, 0.2) is 6.29 Å². The second-order valence-corrected chi connectivity index (χ2v) is 6.90.